The molecule has 9 heteroatoms. The molecule has 0 saturated carbocycles. The maximum absolute atomic E-state index is 13.4. The number of sulfonamides is 1. The van der Waals surface area contributed by atoms with Crippen molar-refractivity contribution < 1.29 is 17.2 Å². The van der Waals surface area contributed by atoms with Gasteiger partial charge in [0, 0.05) is 32.4 Å². The van der Waals surface area contributed by atoms with Gasteiger partial charge in [-0.25, -0.2) is 26.5 Å². The molecule has 1 heterocycles. The van der Waals surface area contributed by atoms with E-state index in [0.717, 1.165) is 28.4 Å². The van der Waals surface area contributed by atoms with E-state index in [1.54, 1.807) is 18.2 Å². The monoisotopic (exact) mass is 408 g/mol. The van der Waals surface area contributed by atoms with E-state index in [1.807, 2.05) is 11.5 Å². The summed E-state index contributed by atoms with van der Waals surface area (Å²) in [7, 11) is -0.600. The minimum absolute atomic E-state index is 0.172. The van der Waals surface area contributed by atoms with E-state index in [1.165, 1.54) is 20.2 Å². The van der Waals surface area contributed by atoms with E-state index < -0.39 is 21.7 Å². The molecular weight excluding hydrogens is 386 g/mol. The van der Waals surface area contributed by atoms with Crippen molar-refractivity contribution in [3.05, 3.63) is 53.9 Å². The molecule has 0 aliphatic heterocycles. The van der Waals surface area contributed by atoms with Crippen LogP contribution in [0.4, 0.5) is 14.5 Å². The molecule has 1 aromatic heterocycles. The first-order valence-electron chi connectivity index (χ1n) is 8.84. The summed E-state index contributed by atoms with van der Waals surface area (Å²) in [6, 6.07) is 8.47. The average molecular weight is 408 g/mol. The lowest BCUT2D eigenvalue weighted by molar-refractivity contribution is 0.509. The fraction of sp³-hybridized carbons (Fsp3) is 0.316. The lowest BCUT2D eigenvalue weighted by atomic mass is 10.3. The maximum Gasteiger partial charge on any atom is 0.242 e. The molecule has 3 aromatic rings. The number of aromatic nitrogens is 2. The van der Waals surface area contributed by atoms with E-state index in [4.69, 9.17) is 0 Å². The molecule has 0 unspecified atom stereocenters. The summed E-state index contributed by atoms with van der Waals surface area (Å²) in [6.07, 6.45) is 0.862. The van der Waals surface area contributed by atoms with Crippen molar-refractivity contribution in [2.75, 3.05) is 19.4 Å². The summed E-state index contributed by atoms with van der Waals surface area (Å²) in [5.74, 6) is -1.15. The van der Waals surface area contributed by atoms with Gasteiger partial charge in [0.1, 0.15) is 5.82 Å². The standard InChI is InChI=1S/C19H22F2N4O2S/c1-4-9-25-18-8-6-14(28(26,27)24(2)3)11-17(18)23-19(25)12-22-13-5-7-15(20)16(21)10-13/h5-8,10-11,22H,4,9,12H2,1-3H3. The second kappa shape index (κ2) is 7.84. The number of rotatable bonds is 7. The summed E-state index contributed by atoms with van der Waals surface area (Å²) in [4.78, 5) is 4.74. The van der Waals surface area contributed by atoms with Crippen LogP contribution in [0.3, 0.4) is 0 Å². The molecule has 2 aromatic carbocycles. The van der Waals surface area contributed by atoms with Crippen LogP contribution in [0.2, 0.25) is 0 Å². The van der Waals surface area contributed by atoms with Crippen LogP contribution >= 0.6 is 0 Å². The normalized spacial score (nSPS) is 12.1. The number of benzene rings is 2. The van der Waals surface area contributed by atoms with Gasteiger partial charge >= 0.3 is 0 Å². The molecular formula is C19H22F2N4O2S. The molecule has 150 valence electrons. The Morgan fingerprint density at radius 2 is 1.86 bits per heavy atom. The van der Waals surface area contributed by atoms with Gasteiger partial charge in [0.05, 0.1) is 22.5 Å². The fourth-order valence-electron chi connectivity index (χ4n) is 2.93. The van der Waals surface area contributed by atoms with Gasteiger partial charge in [-0.1, -0.05) is 6.92 Å². The number of hydrogen-bond donors (Lipinski definition) is 1. The van der Waals surface area contributed by atoms with E-state index in [-0.39, 0.29) is 11.4 Å². The number of hydrogen-bond acceptors (Lipinski definition) is 4. The van der Waals surface area contributed by atoms with Crippen molar-refractivity contribution in [1.82, 2.24) is 13.9 Å². The van der Waals surface area contributed by atoms with Crippen LogP contribution in [0.25, 0.3) is 11.0 Å². The SMILES string of the molecule is CCCn1c(CNc2ccc(F)c(F)c2)nc2cc(S(=O)(=O)N(C)C)ccc21. The Balaban J connectivity index is 1.96. The third-order valence-electron chi connectivity index (χ3n) is 4.39. The zero-order valence-electron chi connectivity index (χ0n) is 15.9. The first-order chi connectivity index (χ1) is 13.2. The van der Waals surface area contributed by atoms with E-state index in [2.05, 4.69) is 10.3 Å². The molecule has 1 N–H and O–H groups in total. The van der Waals surface area contributed by atoms with Crippen molar-refractivity contribution in [3.63, 3.8) is 0 Å². The molecule has 0 radical (unpaired) electrons. The second-order valence-corrected chi connectivity index (χ2v) is 8.75. The molecule has 6 nitrogen and oxygen atoms in total. The molecule has 28 heavy (non-hydrogen) atoms. The van der Waals surface area contributed by atoms with Gasteiger partial charge in [0.2, 0.25) is 10.0 Å². The van der Waals surface area contributed by atoms with Crippen molar-refractivity contribution in [2.45, 2.75) is 31.3 Å². The fourth-order valence-corrected chi connectivity index (χ4v) is 3.85. The third-order valence-corrected chi connectivity index (χ3v) is 6.21. The van der Waals surface area contributed by atoms with Crippen LogP contribution in [0.5, 0.6) is 0 Å². The highest BCUT2D eigenvalue weighted by atomic mass is 32.2. The van der Waals surface area contributed by atoms with Crippen molar-refractivity contribution in [1.29, 1.82) is 0 Å². The topological polar surface area (TPSA) is 67.2 Å². The molecule has 3 rings (SSSR count). The molecule has 0 atom stereocenters. The lowest BCUT2D eigenvalue weighted by Gasteiger charge is -2.11. The Morgan fingerprint density at radius 3 is 2.50 bits per heavy atom. The van der Waals surface area contributed by atoms with Gasteiger partial charge in [-0.15, -0.1) is 0 Å². The van der Waals surface area contributed by atoms with Crippen LogP contribution in [-0.4, -0.2) is 36.4 Å². The minimum atomic E-state index is -3.56. The van der Waals surface area contributed by atoms with Gasteiger partial charge in [0.15, 0.2) is 11.6 Å². The van der Waals surface area contributed by atoms with Gasteiger partial charge in [0.25, 0.3) is 0 Å². The quantitative estimate of drug-likeness (QED) is 0.649. The van der Waals surface area contributed by atoms with Crippen LogP contribution in [-0.2, 0) is 23.1 Å². The van der Waals surface area contributed by atoms with Crippen LogP contribution < -0.4 is 5.32 Å². The average Bonchev–Trinajstić information content (AvgIpc) is 3.00. The zero-order chi connectivity index (χ0) is 20.5. The summed E-state index contributed by atoms with van der Waals surface area (Å²) in [5, 5.41) is 3.04. The first-order valence-corrected chi connectivity index (χ1v) is 10.3. The smallest absolute Gasteiger partial charge is 0.242 e. The number of anilines is 1. The first kappa shape index (κ1) is 20.2. The number of nitrogens with zero attached hydrogens (tertiary/aromatic N) is 3. The van der Waals surface area contributed by atoms with Crippen LogP contribution in [0.15, 0.2) is 41.3 Å². The second-order valence-electron chi connectivity index (χ2n) is 6.60. The summed E-state index contributed by atoms with van der Waals surface area (Å²) < 4.78 is 54.4. The Kier molecular flexibility index (Phi) is 5.66. The molecule has 0 fully saturated rings. The molecule has 0 bridgehead atoms. The van der Waals surface area contributed by atoms with Crippen molar-refractivity contribution in [3.8, 4) is 0 Å². The number of nitrogens with one attached hydrogen (secondary N) is 1. The van der Waals surface area contributed by atoms with Crippen molar-refractivity contribution >= 4 is 26.7 Å². The van der Waals surface area contributed by atoms with Gasteiger partial charge in [-0.2, -0.15) is 0 Å². The predicted octanol–water partition coefficient (Wildman–Crippen LogP) is 3.59. The minimum Gasteiger partial charge on any atom is -0.378 e. The Bertz CT molecular complexity index is 1110. The van der Waals surface area contributed by atoms with Gasteiger partial charge < -0.3 is 9.88 Å². The number of imidazole rings is 1. The highest BCUT2D eigenvalue weighted by molar-refractivity contribution is 7.89. The van der Waals surface area contributed by atoms with Gasteiger partial charge in [-0.3, -0.25) is 0 Å². The Hall–Kier alpha value is -2.52. The third kappa shape index (κ3) is 3.85. The van der Waals surface area contributed by atoms with Gasteiger partial charge in [-0.05, 0) is 36.8 Å². The summed E-state index contributed by atoms with van der Waals surface area (Å²) in [5.41, 5.74) is 1.82. The predicted molar refractivity (Wildman–Crippen MR) is 105 cm³/mol. The highest BCUT2D eigenvalue weighted by Gasteiger charge is 2.19. The number of halogens is 2. The van der Waals surface area contributed by atoms with E-state index in [9.17, 15) is 17.2 Å². The Morgan fingerprint density at radius 1 is 1.11 bits per heavy atom. The molecule has 0 aliphatic carbocycles. The molecule has 0 spiro atoms. The van der Waals surface area contributed by atoms with E-state index >= 15 is 0 Å². The lowest BCUT2D eigenvalue weighted by Crippen LogP contribution is -2.22. The highest BCUT2D eigenvalue weighted by Crippen LogP contribution is 2.23. The number of fused-ring (bicyclic) bond motifs is 1. The molecule has 0 saturated heterocycles. The Labute approximate surface area is 162 Å². The van der Waals surface area contributed by atoms with Crippen molar-refractivity contribution in [2.24, 2.45) is 0 Å². The molecule has 0 aliphatic rings. The van der Waals surface area contributed by atoms with Crippen LogP contribution in [0, 0.1) is 11.6 Å². The summed E-state index contributed by atoms with van der Waals surface area (Å²) in [6.45, 7) is 3.02. The van der Waals surface area contributed by atoms with E-state index in [0.29, 0.717) is 23.6 Å². The zero-order valence-corrected chi connectivity index (χ0v) is 16.7. The maximum atomic E-state index is 13.4. The van der Waals surface area contributed by atoms with Crippen LogP contribution in [0.1, 0.15) is 19.2 Å². The molecule has 0 amide bonds. The summed E-state index contributed by atoms with van der Waals surface area (Å²) >= 11 is 0. The largest absolute Gasteiger partial charge is 0.378 e. The number of aryl methyl sites for hydroxylation is 1.